The molecule has 0 unspecified atom stereocenters. The summed E-state index contributed by atoms with van der Waals surface area (Å²) < 4.78 is 12.4. The number of hydrogen-bond donors (Lipinski definition) is 0. The molecule has 21 heavy (non-hydrogen) atoms. The van der Waals surface area contributed by atoms with Crippen LogP contribution < -0.4 is 9.47 Å². The fourth-order valence-corrected chi connectivity index (χ4v) is 2.21. The second kappa shape index (κ2) is 7.14. The van der Waals surface area contributed by atoms with E-state index >= 15 is 0 Å². The van der Waals surface area contributed by atoms with E-state index in [0.29, 0.717) is 24.5 Å². The third kappa shape index (κ3) is 3.99. The van der Waals surface area contributed by atoms with Crippen LogP contribution in [0.5, 0.6) is 11.5 Å². The highest BCUT2D eigenvalue weighted by molar-refractivity contribution is 9.10. The minimum absolute atomic E-state index is 0.396. The van der Waals surface area contributed by atoms with Crippen LogP contribution >= 0.6 is 15.9 Å². The average molecular weight is 346 g/mol. The number of benzene rings is 2. The maximum atomic E-state index is 8.97. The van der Waals surface area contributed by atoms with Gasteiger partial charge < -0.3 is 9.47 Å². The molecule has 3 nitrogen and oxygen atoms in total. The van der Waals surface area contributed by atoms with Crippen molar-refractivity contribution < 1.29 is 9.47 Å². The van der Waals surface area contributed by atoms with Gasteiger partial charge in [-0.05, 0) is 49.2 Å². The number of halogens is 1. The van der Waals surface area contributed by atoms with Crippen LogP contribution in [0.25, 0.3) is 0 Å². The largest absolute Gasteiger partial charge is 0.490 e. The summed E-state index contributed by atoms with van der Waals surface area (Å²) in [7, 11) is 0. The van der Waals surface area contributed by atoms with Gasteiger partial charge in [0, 0.05) is 4.47 Å². The Kier molecular flexibility index (Phi) is 5.24. The molecule has 0 aromatic heterocycles. The van der Waals surface area contributed by atoms with E-state index in [1.807, 2.05) is 38.1 Å². The molecule has 0 atom stereocenters. The Balaban J connectivity index is 1.89. The fraction of sp³-hybridized carbons (Fsp3) is 0.235. The summed E-state index contributed by atoms with van der Waals surface area (Å²) >= 11 is 3.53. The van der Waals surface area contributed by atoms with Crippen molar-refractivity contribution in [2.75, 3.05) is 13.2 Å². The summed E-state index contributed by atoms with van der Waals surface area (Å²) in [6.45, 7) is 4.89. The van der Waals surface area contributed by atoms with Crippen molar-refractivity contribution in [1.82, 2.24) is 0 Å². The lowest BCUT2D eigenvalue weighted by Crippen LogP contribution is -2.09. The maximum absolute atomic E-state index is 8.97. The number of para-hydroxylation sites is 1. The van der Waals surface area contributed by atoms with E-state index in [1.54, 1.807) is 12.1 Å². The van der Waals surface area contributed by atoms with Crippen LogP contribution in [-0.4, -0.2) is 13.2 Å². The third-order valence-electron chi connectivity index (χ3n) is 3.03. The smallest absolute Gasteiger partial charge is 0.137 e. The van der Waals surface area contributed by atoms with Crippen molar-refractivity contribution in [3.05, 3.63) is 57.6 Å². The molecule has 0 amide bonds. The fourth-order valence-electron chi connectivity index (χ4n) is 1.99. The number of rotatable bonds is 5. The minimum Gasteiger partial charge on any atom is -0.490 e. The molecular weight excluding hydrogens is 330 g/mol. The van der Waals surface area contributed by atoms with Gasteiger partial charge in [-0.1, -0.05) is 28.1 Å². The second-order valence-electron chi connectivity index (χ2n) is 4.68. The van der Waals surface area contributed by atoms with Crippen LogP contribution in [-0.2, 0) is 0 Å². The first-order valence-electron chi connectivity index (χ1n) is 6.63. The summed E-state index contributed by atoms with van der Waals surface area (Å²) in [6, 6.07) is 13.3. The van der Waals surface area contributed by atoms with Gasteiger partial charge in [0.05, 0.1) is 5.56 Å². The van der Waals surface area contributed by atoms with Gasteiger partial charge in [0.2, 0.25) is 0 Å². The molecule has 108 valence electrons. The summed E-state index contributed by atoms with van der Waals surface area (Å²) in [5.41, 5.74) is 2.81. The number of hydrogen-bond acceptors (Lipinski definition) is 3. The lowest BCUT2D eigenvalue weighted by Gasteiger charge is -2.11. The monoisotopic (exact) mass is 345 g/mol. The van der Waals surface area contributed by atoms with Crippen molar-refractivity contribution in [1.29, 1.82) is 5.26 Å². The van der Waals surface area contributed by atoms with E-state index in [-0.39, 0.29) is 0 Å². The summed E-state index contributed by atoms with van der Waals surface area (Å²) in [5.74, 6) is 1.41. The van der Waals surface area contributed by atoms with E-state index in [4.69, 9.17) is 14.7 Å². The number of nitriles is 1. The van der Waals surface area contributed by atoms with Crippen molar-refractivity contribution in [2.45, 2.75) is 13.8 Å². The van der Waals surface area contributed by atoms with Gasteiger partial charge in [0.25, 0.3) is 0 Å². The van der Waals surface area contributed by atoms with Crippen LogP contribution in [0.15, 0.2) is 40.9 Å². The van der Waals surface area contributed by atoms with Crippen LogP contribution in [0.2, 0.25) is 0 Å². The van der Waals surface area contributed by atoms with Crippen molar-refractivity contribution in [3.63, 3.8) is 0 Å². The Bertz CT molecular complexity index is 654. The van der Waals surface area contributed by atoms with Gasteiger partial charge in [-0.15, -0.1) is 0 Å². The van der Waals surface area contributed by atoms with Crippen molar-refractivity contribution in [3.8, 4) is 17.6 Å². The van der Waals surface area contributed by atoms with Crippen LogP contribution in [0.3, 0.4) is 0 Å². The highest BCUT2D eigenvalue weighted by Gasteiger charge is 2.04. The third-order valence-corrected chi connectivity index (χ3v) is 4.28. The Morgan fingerprint density at radius 1 is 1.05 bits per heavy atom. The Morgan fingerprint density at radius 2 is 1.67 bits per heavy atom. The standard InChI is InChI=1S/C17H16BrNO2/c1-12-9-15(10-13(2)17(12)18)20-7-8-21-16-6-4-3-5-14(16)11-19/h3-6,9-10H,7-8H2,1-2H3. The summed E-state index contributed by atoms with van der Waals surface area (Å²) in [5, 5.41) is 8.97. The molecular formula is C17H16BrNO2. The highest BCUT2D eigenvalue weighted by Crippen LogP contribution is 2.26. The molecule has 0 radical (unpaired) electrons. The summed E-state index contributed by atoms with van der Waals surface area (Å²) in [6.07, 6.45) is 0. The maximum Gasteiger partial charge on any atom is 0.137 e. The Hall–Kier alpha value is -1.99. The molecule has 2 aromatic rings. The minimum atomic E-state index is 0.396. The molecule has 0 aliphatic carbocycles. The van der Waals surface area contributed by atoms with E-state index < -0.39 is 0 Å². The van der Waals surface area contributed by atoms with Crippen molar-refractivity contribution >= 4 is 15.9 Å². The second-order valence-corrected chi connectivity index (χ2v) is 5.47. The Morgan fingerprint density at radius 3 is 2.33 bits per heavy atom. The van der Waals surface area contributed by atoms with Gasteiger partial charge in [-0.25, -0.2) is 0 Å². The first-order chi connectivity index (χ1) is 10.1. The molecule has 0 aliphatic rings. The van der Waals surface area contributed by atoms with Gasteiger partial charge in [0.15, 0.2) is 0 Å². The van der Waals surface area contributed by atoms with E-state index in [2.05, 4.69) is 22.0 Å². The molecule has 0 spiro atoms. The number of ether oxygens (including phenoxy) is 2. The number of aryl methyl sites for hydroxylation is 2. The average Bonchev–Trinajstić information content (AvgIpc) is 2.49. The first kappa shape index (κ1) is 15.4. The van der Waals surface area contributed by atoms with Crippen LogP contribution in [0.1, 0.15) is 16.7 Å². The van der Waals surface area contributed by atoms with Gasteiger partial charge in [-0.3, -0.25) is 0 Å². The molecule has 2 aromatic carbocycles. The zero-order valence-corrected chi connectivity index (χ0v) is 13.6. The van der Waals surface area contributed by atoms with Crippen LogP contribution in [0, 0.1) is 25.2 Å². The SMILES string of the molecule is Cc1cc(OCCOc2ccccc2C#N)cc(C)c1Br. The van der Waals surface area contributed by atoms with Crippen LogP contribution in [0.4, 0.5) is 0 Å². The molecule has 0 saturated heterocycles. The quantitative estimate of drug-likeness (QED) is 0.754. The molecule has 0 fully saturated rings. The van der Waals surface area contributed by atoms with Crippen molar-refractivity contribution in [2.24, 2.45) is 0 Å². The molecule has 0 aliphatic heterocycles. The van der Waals surface area contributed by atoms with Gasteiger partial charge in [-0.2, -0.15) is 5.26 Å². The zero-order valence-electron chi connectivity index (χ0n) is 12.0. The molecule has 0 heterocycles. The Labute approximate surface area is 133 Å². The van der Waals surface area contributed by atoms with Gasteiger partial charge >= 0.3 is 0 Å². The molecule has 0 saturated carbocycles. The lowest BCUT2D eigenvalue weighted by molar-refractivity contribution is 0.216. The van der Waals surface area contributed by atoms with Gasteiger partial charge in [0.1, 0.15) is 30.8 Å². The van der Waals surface area contributed by atoms with E-state index in [0.717, 1.165) is 21.3 Å². The zero-order chi connectivity index (χ0) is 15.2. The predicted molar refractivity (Wildman–Crippen MR) is 85.8 cm³/mol. The molecule has 0 bridgehead atoms. The lowest BCUT2D eigenvalue weighted by atomic mass is 10.1. The van der Waals surface area contributed by atoms with E-state index in [1.165, 1.54) is 0 Å². The highest BCUT2D eigenvalue weighted by atomic mass is 79.9. The topological polar surface area (TPSA) is 42.2 Å². The number of nitrogens with zero attached hydrogens (tertiary/aromatic N) is 1. The molecule has 4 heteroatoms. The predicted octanol–water partition coefficient (Wildman–Crippen LogP) is 4.40. The van der Waals surface area contributed by atoms with E-state index in [9.17, 15) is 0 Å². The molecule has 0 N–H and O–H groups in total. The first-order valence-corrected chi connectivity index (χ1v) is 7.42. The molecule has 2 rings (SSSR count). The normalized spacial score (nSPS) is 10.0. The summed E-state index contributed by atoms with van der Waals surface area (Å²) in [4.78, 5) is 0.